The molecule has 3 aromatic rings. The molecule has 0 spiro atoms. The van der Waals surface area contributed by atoms with Gasteiger partial charge in [0.05, 0.1) is 17.3 Å². The summed E-state index contributed by atoms with van der Waals surface area (Å²) in [5, 5.41) is 10.1. The van der Waals surface area contributed by atoms with Crippen LogP contribution >= 0.6 is 11.6 Å². The molecule has 1 aliphatic carbocycles. The number of rotatable bonds is 7. The van der Waals surface area contributed by atoms with Crippen LogP contribution in [0.5, 0.6) is 0 Å². The highest BCUT2D eigenvalue weighted by atomic mass is 35.5. The molecule has 0 radical (unpaired) electrons. The molecule has 0 N–H and O–H groups in total. The zero-order chi connectivity index (χ0) is 24.1. The van der Waals surface area contributed by atoms with E-state index in [0.29, 0.717) is 22.7 Å². The Hall–Kier alpha value is -3.16. The van der Waals surface area contributed by atoms with Crippen molar-refractivity contribution in [3.05, 3.63) is 100 Å². The highest BCUT2D eigenvalue weighted by molar-refractivity contribution is 6.30. The van der Waals surface area contributed by atoms with Gasteiger partial charge in [-0.3, -0.25) is 4.79 Å². The van der Waals surface area contributed by atoms with Crippen molar-refractivity contribution in [3.8, 4) is 6.07 Å². The normalized spacial score (nSPS) is 15.5. The summed E-state index contributed by atoms with van der Waals surface area (Å²) in [4.78, 5) is 15.5. The third-order valence-corrected chi connectivity index (χ3v) is 7.11. The number of halogens is 2. The molecule has 4 rings (SSSR count). The van der Waals surface area contributed by atoms with Gasteiger partial charge in [0, 0.05) is 22.9 Å². The van der Waals surface area contributed by atoms with Gasteiger partial charge in [-0.05, 0) is 73.7 Å². The first-order chi connectivity index (χ1) is 16.5. The van der Waals surface area contributed by atoms with E-state index in [9.17, 15) is 10.1 Å². The fraction of sp³-hybridized carbons (Fsp3) is 0.310. The standard InChI is InChI=1S/C29H28ClFN2O/c1-20(33(28-12-5-4-11-27(28)31)29(34)23-8-2-3-9-23)26(18-21-13-15-25(30)16-14-21)24-10-6-7-22(17-24)19-32/h4-7,10-17,20,23,26H,2-3,8-9,18H2,1H3. The summed E-state index contributed by atoms with van der Waals surface area (Å²) in [6, 6.07) is 23.5. The van der Waals surface area contributed by atoms with Crippen molar-refractivity contribution in [1.29, 1.82) is 5.26 Å². The fourth-order valence-electron chi connectivity index (χ4n) is 5.02. The number of anilines is 1. The molecule has 0 saturated heterocycles. The van der Waals surface area contributed by atoms with Crippen molar-refractivity contribution in [2.75, 3.05) is 4.90 Å². The Morgan fingerprint density at radius 3 is 2.47 bits per heavy atom. The maximum atomic E-state index is 15.1. The van der Waals surface area contributed by atoms with Crippen LogP contribution in [0, 0.1) is 23.1 Å². The molecule has 0 bridgehead atoms. The number of carbonyl (C=O) groups is 1. The maximum Gasteiger partial charge on any atom is 0.230 e. The van der Waals surface area contributed by atoms with Gasteiger partial charge >= 0.3 is 0 Å². The number of nitriles is 1. The van der Waals surface area contributed by atoms with Crippen molar-refractivity contribution in [2.45, 2.75) is 51.0 Å². The topological polar surface area (TPSA) is 44.1 Å². The summed E-state index contributed by atoms with van der Waals surface area (Å²) in [7, 11) is 0. The number of carbonyl (C=O) groups excluding carboxylic acids is 1. The molecule has 2 unspecified atom stereocenters. The maximum absolute atomic E-state index is 15.1. The predicted octanol–water partition coefficient (Wildman–Crippen LogP) is 7.29. The first-order valence-electron chi connectivity index (χ1n) is 11.8. The van der Waals surface area contributed by atoms with Crippen LogP contribution in [-0.4, -0.2) is 11.9 Å². The molecule has 1 amide bonds. The van der Waals surface area contributed by atoms with Gasteiger partial charge in [-0.1, -0.05) is 60.8 Å². The second-order valence-corrected chi connectivity index (χ2v) is 9.49. The minimum absolute atomic E-state index is 0.0207. The van der Waals surface area contributed by atoms with Gasteiger partial charge in [0.2, 0.25) is 5.91 Å². The lowest BCUT2D eigenvalue weighted by molar-refractivity contribution is -0.122. The van der Waals surface area contributed by atoms with Gasteiger partial charge in [-0.15, -0.1) is 0 Å². The van der Waals surface area contributed by atoms with Gasteiger partial charge < -0.3 is 4.90 Å². The van der Waals surface area contributed by atoms with Gasteiger partial charge in [-0.2, -0.15) is 5.26 Å². The Bertz CT molecular complexity index is 1180. The molecule has 0 aliphatic heterocycles. The molecule has 174 valence electrons. The Balaban J connectivity index is 1.78. The summed E-state index contributed by atoms with van der Waals surface area (Å²) in [5.41, 5.74) is 2.88. The summed E-state index contributed by atoms with van der Waals surface area (Å²) in [6.45, 7) is 1.99. The number of hydrogen-bond acceptors (Lipinski definition) is 2. The van der Waals surface area contributed by atoms with Crippen LogP contribution in [0.4, 0.5) is 10.1 Å². The van der Waals surface area contributed by atoms with Crippen LogP contribution in [0.15, 0.2) is 72.8 Å². The van der Waals surface area contributed by atoms with E-state index in [0.717, 1.165) is 36.8 Å². The van der Waals surface area contributed by atoms with Crippen LogP contribution in [0.2, 0.25) is 5.02 Å². The Kier molecular flexibility index (Phi) is 7.65. The largest absolute Gasteiger partial charge is 0.306 e. The molecule has 34 heavy (non-hydrogen) atoms. The number of benzene rings is 3. The minimum atomic E-state index is -0.406. The third-order valence-electron chi connectivity index (χ3n) is 6.86. The zero-order valence-corrected chi connectivity index (χ0v) is 20.0. The highest BCUT2D eigenvalue weighted by Gasteiger charge is 2.36. The SMILES string of the molecule is CC(C(Cc1ccc(Cl)cc1)c1cccc(C#N)c1)N(C(=O)C1CCCC1)c1ccccc1F. The van der Waals surface area contributed by atoms with Gasteiger partial charge in [0.25, 0.3) is 0 Å². The molecule has 3 aromatic carbocycles. The molecular formula is C29H28ClFN2O. The molecular weight excluding hydrogens is 447 g/mol. The summed E-state index contributed by atoms with van der Waals surface area (Å²) in [5.74, 6) is -0.674. The van der Waals surface area contributed by atoms with Crippen molar-refractivity contribution in [2.24, 2.45) is 5.92 Å². The lowest BCUT2D eigenvalue weighted by atomic mass is 9.84. The van der Waals surface area contributed by atoms with Crippen LogP contribution in [-0.2, 0) is 11.2 Å². The number of hydrogen-bond donors (Lipinski definition) is 0. The Labute approximate surface area is 205 Å². The first-order valence-corrected chi connectivity index (χ1v) is 12.2. The van der Waals surface area contributed by atoms with Gasteiger partial charge in [0.15, 0.2) is 0 Å². The zero-order valence-electron chi connectivity index (χ0n) is 19.3. The molecule has 0 heterocycles. The smallest absolute Gasteiger partial charge is 0.230 e. The van der Waals surface area contributed by atoms with Crippen LogP contribution in [0.3, 0.4) is 0 Å². The molecule has 1 aliphatic rings. The van der Waals surface area contributed by atoms with Gasteiger partial charge in [-0.25, -0.2) is 4.39 Å². The van der Waals surface area contributed by atoms with E-state index >= 15 is 4.39 Å². The van der Waals surface area contributed by atoms with E-state index in [1.165, 1.54) is 6.07 Å². The van der Waals surface area contributed by atoms with Crippen LogP contribution < -0.4 is 4.90 Å². The molecule has 0 aromatic heterocycles. The number of nitrogens with zero attached hydrogens (tertiary/aromatic N) is 2. The van der Waals surface area contributed by atoms with Gasteiger partial charge in [0.1, 0.15) is 5.82 Å². The number of amides is 1. The van der Waals surface area contributed by atoms with E-state index in [4.69, 9.17) is 11.6 Å². The average Bonchev–Trinajstić information content (AvgIpc) is 3.40. The molecule has 2 atom stereocenters. The molecule has 5 heteroatoms. The number of para-hydroxylation sites is 1. The third kappa shape index (κ3) is 5.32. The van der Waals surface area contributed by atoms with Crippen LogP contribution in [0.1, 0.15) is 55.2 Å². The van der Waals surface area contributed by atoms with E-state index in [2.05, 4.69) is 6.07 Å². The Morgan fingerprint density at radius 1 is 1.09 bits per heavy atom. The van der Waals surface area contributed by atoms with E-state index in [1.807, 2.05) is 49.4 Å². The monoisotopic (exact) mass is 474 g/mol. The van der Waals surface area contributed by atoms with E-state index < -0.39 is 5.82 Å². The summed E-state index contributed by atoms with van der Waals surface area (Å²) in [6.07, 6.45) is 4.34. The second-order valence-electron chi connectivity index (χ2n) is 9.06. The summed E-state index contributed by atoms with van der Waals surface area (Å²) >= 11 is 6.10. The van der Waals surface area contributed by atoms with Crippen molar-refractivity contribution >= 4 is 23.2 Å². The minimum Gasteiger partial charge on any atom is -0.306 e. The Morgan fingerprint density at radius 2 is 1.79 bits per heavy atom. The first kappa shape index (κ1) is 24.0. The lowest BCUT2D eigenvalue weighted by Gasteiger charge is -2.37. The average molecular weight is 475 g/mol. The lowest BCUT2D eigenvalue weighted by Crippen LogP contribution is -2.46. The van der Waals surface area contributed by atoms with Crippen molar-refractivity contribution < 1.29 is 9.18 Å². The summed E-state index contributed by atoms with van der Waals surface area (Å²) < 4.78 is 15.1. The molecule has 3 nitrogen and oxygen atoms in total. The molecule has 1 fully saturated rings. The van der Waals surface area contributed by atoms with Crippen molar-refractivity contribution in [1.82, 2.24) is 0 Å². The van der Waals surface area contributed by atoms with E-state index in [-0.39, 0.29) is 23.8 Å². The molecule has 1 saturated carbocycles. The quantitative estimate of drug-likeness (QED) is 0.361. The highest BCUT2D eigenvalue weighted by Crippen LogP contribution is 2.36. The predicted molar refractivity (Wildman–Crippen MR) is 134 cm³/mol. The van der Waals surface area contributed by atoms with Crippen LogP contribution in [0.25, 0.3) is 0 Å². The van der Waals surface area contributed by atoms with E-state index in [1.54, 1.807) is 29.2 Å². The second kappa shape index (κ2) is 10.8. The van der Waals surface area contributed by atoms with Crippen molar-refractivity contribution in [3.63, 3.8) is 0 Å². The fourth-order valence-corrected chi connectivity index (χ4v) is 5.14.